The summed E-state index contributed by atoms with van der Waals surface area (Å²) in [6.07, 6.45) is 2.30. The van der Waals surface area contributed by atoms with Crippen LogP contribution < -0.4 is 0 Å². The Morgan fingerprint density at radius 2 is 1.68 bits per heavy atom. The smallest absolute Gasteiger partial charge is 0.340 e. The molecule has 0 radical (unpaired) electrons. The number of carbonyl (C=O) groups is 2. The second-order valence-corrected chi connectivity index (χ2v) is 9.77. The summed E-state index contributed by atoms with van der Waals surface area (Å²) >= 11 is 5.85. The first-order valence-electron chi connectivity index (χ1n) is 9.81. The highest BCUT2D eigenvalue weighted by atomic mass is 35.5. The van der Waals surface area contributed by atoms with Gasteiger partial charge in [-0.25, -0.2) is 13.2 Å². The number of esters is 1. The van der Waals surface area contributed by atoms with Crippen LogP contribution in [0.4, 0.5) is 0 Å². The van der Waals surface area contributed by atoms with E-state index in [2.05, 4.69) is 0 Å². The summed E-state index contributed by atoms with van der Waals surface area (Å²) in [6.45, 7) is 0.481. The van der Waals surface area contributed by atoms with Gasteiger partial charge in [-0.2, -0.15) is 4.31 Å². The molecule has 0 atom stereocenters. The lowest BCUT2D eigenvalue weighted by Gasteiger charge is -2.30. The van der Waals surface area contributed by atoms with Gasteiger partial charge in [-0.15, -0.1) is 0 Å². The molecule has 0 unspecified atom stereocenters. The van der Waals surface area contributed by atoms with Gasteiger partial charge in [0, 0.05) is 35.6 Å². The zero-order valence-electron chi connectivity index (χ0n) is 16.8. The first kappa shape index (κ1) is 21.5. The number of carbonyl (C=O) groups excluding carboxylic acids is 2. The Morgan fingerprint density at radius 3 is 2.32 bits per heavy atom. The van der Waals surface area contributed by atoms with Crippen molar-refractivity contribution in [2.45, 2.75) is 17.7 Å². The number of benzene rings is 2. The van der Waals surface area contributed by atoms with E-state index in [0.29, 0.717) is 34.3 Å². The number of nitrogens with zero attached hydrogens (tertiary/aromatic N) is 2. The summed E-state index contributed by atoms with van der Waals surface area (Å²) in [7, 11) is -2.34. The molecule has 2 aromatic carbocycles. The van der Waals surface area contributed by atoms with Crippen LogP contribution in [0.3, 0.4) is 0 Å². The van der Waals surface area contributed by atoms with Gasteiger partial charge in [-0.1, -0.05) is 29.8 Å². The van der Waals surface area contributed by atoms with E-state index in [9.17, 15) is 18.0 Å². The molecule has 0 bridgehead atoms. The zero-order valence-corrected chi connectivity index (χ0v) is 18.4. The third-order valence-corrected chi connectivity index (χ3v) is 7.77. The molecule has 162 valence electrons. The van der Waals surface area contributed by atoms with Crippen molar-refractivity contribution >= 4 is 44.4 Å². The maximum Gasteiger partial charge on any atom is 0.340 e. The number of hydrogen-bond acceptors (Lipinski definition) is 5. The quantitative estimate of drug-likeness (QED) is 0.552. The van der Waals surface area contributed by atoms with Crippen LogP contribution in [-0.2, 0) is 14.8 Å². The first-order chi connectivity index (χ1) is 14.8. The molecular weight excluding hydrogens is 440 g/mol. The highest BCUT2D eigenvalue weighted by molar-refractivity contribution is 7.89. The molecule has 0 aliphatic carbocycles. The van der Waals surface area contributed by atoms with Gasteiger partial charge in [0.2, 0.25) is 15.9 Å². The van der Waals surface area contributed by atoms with E-state index in [0.717, 1.165) is 0 Å². The number of rotatable bonds is 4. The Bertz CT molecular complexity index is 1240. The number of fused-ring (bicyclic) bond motifs is 1. The third kappa shape index (κ3) is 3.98. The van der Waals surface area contributed by atoms with Gasteiger partial charge in [-0.3, -0.25) is 9.36 Å². The SMILES string of the molecule is COC(=O)c1cn(C(=O)C2CCN(S(=O)(=O)c3ccc(Cl)cc3)CC2)c2ccccc12. The molecular formula is C22H21ClN2O5S. The fourth-order valence-electron chi connectivity index (χ4n) is 3.93. The van der Waals surface area contributed by atoms with E-state index in [1.165, 1.54) is 34.3 Å². The van der Waals surface area contributed by atoms with Crippen LogP contribution in [0.1, 0.15) is 28.0 Å². The average molecular weight is 461 g/mol. The van der Waals surface area contributed by atoms with Crippen LogP contribution in [0.5, 0.6) is 0 Å². The summed E-state index contributed by atoms with van der Waals surface area (Å²) in [5, 5.41) is 1.11. The standard InChI is InChI=1S/C22H21ClN2O5S/c1-30-22(27)19-14-25(20-5-3-2-4-18(19)20)21(26)15-10-12-24(13-11-15)31(28,29)17-8-6-16(23)7-9-17/h2-9,14-15H,10-13H2,1H3. The van der Waals surface area contributed by atoms with Gasteiger partial charge in [0.1, 0.15) is 0 Å². The largest absolute Gasteiger partial charge is 0.465 e. The molecule has 4 rings (SSSR count). The minimum atomic E-state index is -3.64. The molecule has 1 saturated heterocycles. The van der Waals surface area contributed by atoms with E-state index in [1.54, 1.807) is 36.4 Å². The predicted molar refractivity (Wildman–Crippen MR) is 117 cm³/mol. The zero-order chi connectivity index (χ0) is 22.2. The summed E-state index contributed by atoms with van der Waals surface area (Å²) in [4.78, 5) is 25.5. The van der Waals surface area contributed by atoms with Crippen LogP contribution >= 0.6 is 11.6 Å². The number of methoxy groups -OCH3 is 1. The van der Waals surface area contributed by atoms with Gasteiger partial charge in [-0.05, 0) is 43.2 Å². The fourth-order valence-corrected chi connectivity index (χ4v) is 5.53. The minimum absolute atomic E-state index is 0.158. The van der Waals surface area contributed by atoms with E-state index < -0.39 is 16.0 Å². The van der Waals surface area contributed by atoms with E-state index in [1.807, 2.05) is 0 Å². The molecule has 9 heteroatoms. The van der Waals surface area contributed by atoms with E-state index >= 15 is 0 Å². The van der Waals surface area contributed by atoms with Crippen LogP contribution in [0.25, 0.3) is 10.9 Å². The van der Waals surface area contributed by atoms with Gasteiger partial charge >= 0.3 is 5.97 Å². The fraction of sp³-hybridized carbons (Fsp3) is 0.273. The maximum absolute atomic E-state index is 13.2. The average Bonchev–Trinajstić information content (AvgIpc) is 3.18. The lowest BCUT2D eigenvalue weighted by molar-refractivity contribution is 0.0603. The lowest BCUT2D eigenvalue weighted by atomic mass is 9.97. The number of sulfonamides is 1. The van der Waals surface area contributed by atoms with E-state index in [4.69, 9.17) is 16.3 Å². The number of halogens is 1. The van der Waals surface area contributed by atoms with Gasteiger partial charge < -0.3 is 4.74 Å². The summed E-state index contributed by atoms with van der Waals surface area (Å²) in [5.74, 6) is -1.01. The Kier molecular flexibility index (Phi) is 5.88. The van der Waals surface area contributed by atoms with Gasteiger partial charge in [0.15, 0.2) is 0 Å². The molecule has 1 aromatic heterocycles. The highest BCUT2D eigenvalue weighted by Crippen LogP contribution is 2.28. The Balaban J connectivity index is 1.54. The van der Waals surface area contributed by atoms with Crippen LogP contribution in [-0.4, -0.2) is 49.4 Å². The number of hydrogen-bond donors (Lipinski definition) is 0. The van der Waals surface area contributed by atoms with Crippen molar-refractivity contribution in [2.75, 3.05) is 20.2 Å². The topological polar surface area (TPSA) is 85.7 Å². The molecule has 0 saturated carbocycles. The number of piperidine rings is 1. The highest BCUT2D eigenvalue weighted by Gasteiger charge is 2.33. The van der Waals surface area contributed by atoms with Crippen molar-refractivity contribution in [3.05, 3.63) is 65.3 Å². The van der Waals surface area contributed by atoms with Crippen LogP contribution in [0.2, 0.25) is 5.02 Å². The number of para-hydroxylation sites is 1. The first-order valence-corrected chi connectivity index (χ1v) is 11.6. The van der Waals surface area contributed by atoms with Crippen molar-refractivity contribution in [1.82, 2.24) is 8.87 Å². The minimum Gasteiger partial charge on any atom is -0.465 e. The van der Waals surface area contributed by atoms with Crippen LogP contribution in [0.15, 0.2) is 59.6 Å². The summed E-state index contributed by atoms with van der Waals surface area (Å²) in [5.41, 5.74) is 0.957. The molecule has 3 aromatic rings. The van der Waals surface area contributed by atoms with E-state index in [-0.39, 0.29) is 29.8 Å². The molecule has 0 amide bonds. The Labute approximate surface area is 185 Å². The third-order valence-electron chi connectivity index (χ3n) is 5.61. The molecule has 31 heavy (non-hydrogen) atoms. The van der Waals surface area contributed by atoms with Crippen molar-refractivity contribution < 1.29 is 22.7 Å². The molecule has 0 spiro atoms. The van der Waals surface area contributed by atoms with Crippen molar-refractivity contribution in [1.29, 1.82) is 0 Å². The molecule has 7 nitrogen and oxygen atoms in total. The molecule has 1 aliphatic rings. The monoisotopic (exact) mass is 460 g/mol. The molecule has 1 aliphatic heterocycles. The van der Waals surface area contributed by atoms with Crippen LogP contribution in [0, 0.1) is 5.92 Å². The summed E-state index contributed by atoms with van der Waals surface area (Å²) in [6, 6.07) is 13.2. The molecule has 0 N–H and O–H groups in total. The molecule has 1 fully saturated rings. The Morgan fingerprint density at radius 1 is 1.03 bits per heavy atom. The van der Waals surface area contributed by atoms with Gasteiger partial charge in [0.25, 0.3) is 0 Å². The number of ether oxygens (including phenoxy) is 1. The second kappa shape index (κ2) is 8.45. The van der Waals surface area contributed by atoms with Crippen molar-refractivity contribution in [3.8, 4) is 0 Å². The predicted octanol–water partition coefficient (Wildman–Crippen LogP) is 3.82. The van der Waals surface area contributed by atoms with Crippen molar-refractivity contribution in [3.63, 3.8) is 0 Å². The van der Waals surface area contributed by atoms with Gasteiger partial charge in [0.05, 0.1) is 23.1 Å². The summed E-state index contributed by atoms with van der Waals surface area (Å²) < 4.78 is 33.5. The maximum atomic E-state index is 13.2. The lowest BCUT2D eigenvalue weighted by Crippen LogP contribution is -2.41. The van der Waals surface area contributed by atoms with Crippen molar-refractivity contribution in [2.24, 2.45) is 5.92 Å². The second-order valence-electron chi connectivity index (χ2n) is 7.39. The Hall–Kier alpha value is -2.68. The normalized spacial score (nSPS) is 15.8. The number of aromatic nitrogens is 1. The molecule has 2 heterocycles.